The molecule has 0 aromatic heterocycles. The largest absolute Gasteiger partial charge is 0.463 e. The van der Waals surface area contributed by atoms with Crippen LogP contribution < -0.4 is 4.90 Å². The zero-order valence-electron chi connectivity index (χ0n) is 14.4. The van der Waals surface area contributed by atoms with Crippen molar-refractivity contribution in [1.82, 2.24) is 0 Å². The molecule has 1 saturated heterocycles. The zero-order valence-corrected chi connectivity index (χ0v) is 14.4. The van der Waals surface area contributed by atoms with Crippen molar-refractivity contribution in [2.24, 2.45) is 5.92 Å². The van der Waals surface area contributed by atoms with Gasteiger partial charge < -0.3 is 19.5 Å². The molecule has 0 unspecified atom stereocenters. The number of aryl methyl sites for hydroxylation is 1. The van der Waals surface area contributed by atoms with E-state index in [2.05, 4.69) is 0 Å². The average molecular weight is 335 g/mol. The Hall–Kier alpha value is -1.92. The van der Waals surface area contributed by atoms with Crippen molar-refractivity contribution in [1.29, 1.82) is 0 Å². The van der Waals surface area contributed by atoms with E-state index in [1.807, 2.05) is 45.0 Å². The van der Waals surface area contributed by atoms with Crippen LogP contribution in [-0.2, 0) is 19.1 Å². The van der Waals surface area contributed by atoms with Crippen LogP contribution in [-0.4, -0.2) is 48.9 Å². The van der Waals surface area contributed by atoms with Gasteiger partial charge in [0.15, 0.2) is 0 Å². The van der Waals surface area contributed by atoms with Crippen molar-refractivity contribution in [3.63, 3.8) is 0 Å². The Morgan fingerprint density at radius 1 is 1.29 bits per heavy atom. The number of hydrogen-bond donors (Lipinski definition) is 1. The molecular weight excluding hydrogens is 310 g/mol. The molecule has 132 valence electrons. The Bertz CT molecular complexity index is 569. The monoisotopic (exact) mass is 335 g/mol. The summed E-state index contributed by atoms with van der Waals surface area (Å²) in [5, 5.41) is 9.72. The first-order chi connectivity index (χ1) is 11.4. The van der Waals surface area contributed by atoms with Crippen LogP contribution in [0.3, 0.4) is 0 Å². The number of hydrogen-bond acceptors (Lipinski definition) is 5. The predicted octanol–water partition coefficient (Wildman–Crippen LogP) is 1.68. The summed E-state index contributed by atoms with van der Waals surface area (Å²) in [7, 11) is 0. The van der Waals surface area contributed by atoms with Gasteiger partial charge in [-0.2, -0.15) is 0 Å². The predicted molar refractivity (Wildman–Crippen MR) is 89.7 cm³/mol. The molecule has 24 heavy (non-hydrogen) atoms. The van der Waals surface area contributed by atoms with E-state index >= 15 is 0 Å². The summed E-state index contributed by atoms with van der Waals surface area (Å²) in [5.41, 5.74) is 1.89. The molecule has 1 aliphatic heterocycles. The number of nitrogens with zero attached hydrogens (tertiary/aromatic N) is 1. The number of benzene rings is 1. The molecule has 0 aliphatic carbocycles. The molecule has 1 fully saturated rings. The molecule has 0 spiro atoms. The fourth-order valence-electron chi connectivity index (χ4n) is 2.49. The van der Waals surface area contributed by atoms with Crippen molar-refractivity contribution >= 4 is 17.6 Å². The van der Waals surface area contributed by atoms with E-state index < -0.39 is 18.0 Å². The molecule has 2 rings (SSSR count). The van der Waals surface area contributed by atoms with Gasteiger partial charge >= 0.3 is 5.97 Å². The highest BCUT2D eigenvalue weighted by Gasteiger charge is 2.36. The summed E-state index contributed by atoms with van der Waals surface area (Å²) in [6.07, 6.45) is -0.724. The molecule has 2 atom stereocenters. The molecule has 1 aromatic carbocycles. The number of rotatable bonds is 7. The summed E-state index contributed by atoms with van der Waals surface area (Å²) in [6.45, 7) is 6.00. The standard InChI is InChI=1S/C18H25NO5/c1-12(2)23-10-16(20)11-24-18(22)14-8-17(21)19(9-14)15-6-4-13(3)5-7-15/h4-7,12,14,16,20H,8-11H2,1-3H3/t14-,16+/m1/s1. The first kappa shape index (κ1) is 18.4. The lowest BCUT2D eigenvalue weighted by atomic mass is 10.1. The molecule has 1 aliphatic rings. The van der Waals surface area contributed by atoms with E-state index in [1.54, 1.807) is 4.90 Å². The van der Waals surface area contributed by atoms with Crippen LogP contribution in [0.25, 0.3) is 0 Å². The number of carbonyl (C=O) groups is 2. The molecule has 1 amide bonds. The first-order valence-corrected chi connectivity index (χ1v) is 8.20. The second-order valence-corrected chi connectivity index (χ2v) is 6.41. The minimum absolute atomic E-state index is 0.00544. The topological polar surface area (TPSA) is 76.1 Å². The normalized spacial score (nSPS) is 19.0. The quantitative estimate of drug-likeness (QED) is 0.767. The number of carbonyl (C=O) groups excluding carboxylic acids is 2. The van der Waals surface area contributed by atoms with Gasteiger partial charge in [-0.15, -0.1) is 0 Å². The summed E-state index contributed by atoms with van der Waals surface area (Å²) < 4.78 is 10.4. The molecule has 6 nitrogen and oxygen atoms in total. The number of ether oxygens (including phenoxy) is 2. The Morgan fingerprint density at radius 2 is 1.96 bits per heavy atom. The van der Waals surface area contributed by atoms with Crippen molar-refractivity contribution < 1.29 is 24.2 Å². The zero-order chi connectivity index (χ0) is 17.7. The van der Waals surface area contributed by atoms with Gasteiger partial charge in [0.2, 0.25) is 5.91 Å². The number of anilines is 1. The Balaban J connectivity index is 1.84. The number of aliphatic hydroxyl groups is 1. The van der Waals surface area contributed by atoms with Gasteiger partial charge in [-0.1, -0.05) is 17.7 Å². The molecule has 0 radical (unpaired) electrons. The second kappa shape index (κ2) is 8.26. The van der Waals surface area contributed by atoms with E-state index in [0.717, 1.165) is 11.3 Å². The molecule has 1 aromatic rings. The lowest BCUT2D eigenvalue weighted by Crippen LogP contribution is -2.29. The first-order valence-electron chi connectivity index (χ1n) is 8.20. The summed E-state index contributed by atoms with van der Waals surface area (Å²) in [5.74, 6) is -1.05. The fraction of sp³-hybridized carbons (Fsp3) is 0.556. The van der Waals surface area contributed by atoms with E-state index in [1.165, 1.54) is 0 Å². The summed E-state index contributed by atoms with van der Waals surface area (Å²) in [4.78, 5) is 25.9. The van der Waals surface area contributed by atoms with Crippen molar-refractivity contribution in [3.8, 4) is 0 Å². The van der Waals surface area contributed by atoms with Crippen LogP contribution in [0.4, 0.5) is 5.69 Å². The van der Waals surface area contributed by atoms with Crippen LogP contribution >= 0.6 is 0 Å². The minimum Gasteiger partial charge on any atom is -0.463 e. The van der Waals surface area contributed by atoms with Crippen LogP contribution in [0.5, 0.6) is 0 Å². The van der Waals surface area contributed by atoms with Crippen molar-refractivity contribution in [2.75, 3.05) is 24.7 Å². The number of amides is 1. The van der Waals surface area contributed by atoms with Crippen LogP contribution in [0.15, 0.2) is 24.3 Å². The van der Waals surface area contributed by atoms with Gasteiger partial charge in [0.05, 0.1) is 18.6 Å². The number of aliphatic hydroxyl groups excluding tert-OH is 1. The fourth-order valence-corrected chi connectivity index (χ4v) is 2.49. The third-order valence-electron chi connectivity index (χ3n) is 3.84. The lowest BCUT2D eigenvalue weighted by molar-refractivity contribution is -0.152. The summed E-state index contributed by atoms with van der Waals surface area (Å²) >= 11 is 0. The highest BCUT2D eigenvalue weighted by Crippen LogP contribution is 2.26. The summed E-state index contributed by atoms with van der Waals surface area (Å²) in [6, 6.07) is 7.60. The van der Waals surface area contributed by atoms with E-state index in [-0.39, 0.29) is 31.6 Å². The Kier molecular flexibility index (Phi) is 6.34. The van der Waals surface area contributed by atoms with Crippen molar-refractivity contribution in [2.45, 2.75) is 39.4 Å². The molecule has 0 saturated carbocycles. The minimum atomic E-state index is -0.860. The maximum atomic E-state index is 12.1. The Labute approximate surface area is 142 Å². The molecule has 1 N–H and O–H groups in total. The van der Waals surface area contributed by atoms with Gasteiger partial charge in [0.1, 0.15) is 12.7 Å². The van der Waals surface area contributed by atoms with Gasteiger partial charge in [-0.05, 0) is 32.9 Å². The maximum Gasteiger partial charge on any atom is 0.311 e. The molecule has 1 heterocycles. The van der Waals surface area contributed by atoms with E-state index in [4.69, 9.17) is 9.47 Å². The molecule has 6 heteroatoms. The van der Waals surface area contributed by atoms with E-state index in [9.17, 15) is 14.7 Å². The van der Waals surface area contributed by atoms with Gasteiger partial charge in [0.25, 0.3) is 0 Å². The van der Waals surface area contributed by atoms with Crippen LogP contribution in [0, 0.1) is 12.8 Å². The molecular formula is C18H25NO5. The highest BCUT2D eigenvalue weighted by molar-refractivity contribution is 5.99. The number of esters is 1. The van der Waals surface area contributed by atoms with E-state index in [0.29, 0.717) is 6.54 Å². The van der Waals surface area contributed by atoms with Gasteiger partial charge in [0, 0.05) is 18.7 Å². The highest BCUT2D eigenvalue weighted by atomic mass is 16.5. The van der Waals surface area contributed by atoms with Crippen LogP contribution in [0.1, 0.15) is 25.8 Å². The third-order valence-corrected chi connectivity index (χ3v) is 3.84. The smallest absolute Gasteiger partial charge is 0.311 e. The maximum absolute atomic E-state index is 12.1. The average Bonchev–Trinajstić information content (AvgIpc) is 2.93. The Morgan fingerprint density at radius 3 is 2.58 bits per heavy atom. The molecule has 0 bridgehead atoms. The van der Waals surface area contributed by atoms with Crippen molar-refractivity contribution in [3.05, 3.63) is 29.8 Å². The lowest BCUT2D eigenvalue weighted by Gasteiger charge is -2.17. The van der Waals surface area contributed by atoms with Gasteiger partial charge in [-0.25, -0.2) is 0 Å². The SMILES string of the molecule is Cc1ccc(N2C[C@H](C(=O)OC[C@@H](O)COC(C)C)CC2=O)cc1. The van der Waals surface area contributed by atoms with Gasteiger partial charge in [-0.3, -0.25) is 9.59 Å². The third kappa shape index (κ3) is 5.04. The second-order valence-electron chi connectivity index (χ2n) is 6.41. The van der Waals surface area contributed by atoms with Crippen LogP contribution in [0.2, 0.25) is 0 Å².